The maximum Gasteiger partial charge on any atom is 0.174 e. The highest BCUT2D eigenvalue weighted by Crippen LogP contribution is 2.37. The van der Waals surface area contributed by atoms with E-state index in [0.717, 1.165) is 22.9 Å². The van der Waals surface area contributed by atoms with Gasteiger partial charge >= 0.3 is 0 Å². The van der Waals surface area contributed by atoms with Gasteiger partial charge in [0.05, 0.1) is 18.6 Å². The third-order valence-corrected chi connectivity index (χ3v) is 4.02. The van der Waals surface area contributed by atoms with E-state index in [1.54, 1.807) is 7.11 Å². The van der Waals surface area contributed by atoms with E-state index in [2.05, 4.69) is 12.1 Å². The molecule has 0 aliphatic carbocycles. The SMILES string of the molecule is CC[C@@H](C)Oc1cc2c(-c3ccc(Cl)cc3)onc2cc1OC. The van der Waals surface area contributed by atoms with Crippen molar-refractivity contribution in [2.24, 2.45) is 0 Å². The van der Waals surface area contributed by atoms with Gasteiger partial charge < -0.3 is 14.0 Å². The van der Waals surface area contributed by atoms with Crippen molar-refractivity contribution in [1.29, 1.82) is 0 Å². The molecule has 5 heteroatoms. The number of nitrogens with zero attached hydrogens (tertiary/aromatic N) is 1. The first-order valence-electron chi connectivity index (χ1n) is 7.52. The minimum Gasteiger partial charge on any atom is -0.493 e. The number of aromatic nitrogens is 1. The van der Waals surface area contributed by atoms with Gasteiger partial charge in [-0.3, -0.25) is 0 Å². The van der Waals surface area contributed by atoms with Gasteiger partial charge in [0.1, 0.15) is 5.52 Å². The van der Waals surface area contributed by atoms with E-state index in [4.69, 9.17) is 25.6 Å². The molecule has 0 aliphatic heterocycles. The van der Waals surface area contributed by atoms with E-state index in [-0.39, 0.29) is 6.10 Å². The zero-order chi connectivity index (χ0) is 16.4. The Morgan fingerprint density at radius 1 is 1.17 bits per heavy atom. The number of rotatable bonds is 5. The first-order chi connectivity index (χ1) is 11.1. The second-order valence-electron chi connectivity index (χ2n) is 5.38. The van der Waals surface area contributed by atoms with Crippen LogP contribution >= 0.6 is 11.6 Å². The minimum absolute atomic E-state index is 0.0974. The first kappa shape index (κ1) is 15.7. The van der Waals surface area contributed by atoms with Crippen LogP contribution in [0, 0.1) is 0 Å². The molecule has 1 heterocycles. The summed E-state index contributed by atoms with van der Waals surface area (Å²) in [4.78, 5) is 0. The Balaban J connectivity index is 2.10. The Bertz CT molecular complexity index is 811. The predicted octanol–water partition coefficient (Wildman–Crippen LogP) is 5.33. The Morgan fingerprint density at radius 3 is 2.57 bits per heavy atom. The summed E-state index contributed by atoms with van der Waals surface area (Å²) in [6, 6.07) is 11.2. The van der Waals surface area contributed by atoms with Crippen molar-refractivity contribution >= 4 is 22.5 Å². The lowest BCUT2D eigenvalue weighted by Gasteiger charge is -2.15. The monoisotopic (exact) mass is 331 g/mol. The van der Waals surface area contributed by atoms with Crippen LogP contribution in [-0.4, -0.2) is 18.4 Å². The Labute approximate surface area is 139 Å². The first-order valence-corrected chi connectivity index (χ1v) is 7.90. The van der Waals surface area contributed by atoms with Crippen LogP contribution in [0.3, 0.4) is 0 Å². The van der Waals surface area contributed by atoms with Gasteiger partial charge in [-0.25, -0.2) is 0 Å². The molecule has 0 N–H and O–H groups in total. The number of methoxy groups -OCH3 is 1. The molecule has 0 radical (unpaired) electrons. The van der Waals surface area contributed by atoms with Crippen LogP contribution in [0.4, 0.5) is 0 Å². The Kier molecular flexibility index (Phi) is 4.44. The van der Waals surface area contributed by atoms with Gasteiger partial charge in [-0.1, -0.05) is 23.7 Å². The molecule has 0 saturated carbocycles. The molecule has 0 fully saturated rings. The molecule has 1 aromatic heterocycles. The number of fused-ring (bicyclic) bond motifs is 1. The van der Waals surface area contributed by atoms with Crippen molar-refractivity contribution in [3.05, 3.63) is 41.4 Å². The molecule has 23 heavy (non-hydrogen) atoms. The second-order valence-corrected chi connectivity index (χ2v) is 5.81. The van der Waals surface area contributed by atoms with Gasteiger partial charge in [-0.05, 0) is 43.7 Å². The van der Waals surface area contributed by atoms with Gasteiger partial charge in [0, 0.05) is 16.7 Å². The molecule has 2 aromatic carbocycles. The fourth-order valence-electron chi connectivity index (χ4n) is 2.31. The molecule has 0 amide bonds. The van der Waals surface area contributed by atoms with Crippen molar-refractivity contribution < 1.29 is 14.0 Å². The highest BCUT2D eigenvalue weighted by molar-refractivity contribution is 6.30. The van der Waals surface area contributed by atoms with Gasteiger partial charge in [-0.15, -0.1) is 0 Å². The summed E-state index contributed by atoms with van der Waals surface area (Å²) >= 11 is 5.95. The number of hydrogen-bond donors (Lipinski definition) is 0. The smallest absolute Gasteiger partial charge is 0.174 e. The standard InChI is InChI=1S/C18H18ClNO3/c1-4-11(2)22-17-9-14-15(10-16(17)21-3)20-23-18(14)12-5-7-13(19)8-6-12/h5-11H,4H2,1-3H3/t11-/m1/s1. The lowest BCUT2D eigenvalue weighted by Crippen LogP contribution is -2.10. The van der Waals surface area contributed by atoms with Crippen LogP contribution in [0.2, 0.25) is 5.02 Å². The van der Waals surface area contributed by atoms with E-state index in [1.807, 2.05) is 43.3 Å². The highest BCUT2D eigenvalue weighted by Gasteiger charge is 2.16. The van der Waals surface area contributed by atoms with Crippen LogP contribution in [0.25, 0.3) is 22.2 Å². The van der Waals surface area contributed by atoms with Crippen molar-refractivity contribution in [1.82, 2.24) is 5.16 Å². The van der Waals surface area contributed by atoms with Crippen molar-refractivity contribution in [2.45, 2.75) is 26.4 Å². The van der Waals surface area contributed by atoms with E-state index in [0.29, 0.717) is 22.3 Å². The molecule has 0 aliphatic rings. The van der Waals surface area contributed by atoms with Gasteiger partial charge in [-0.2, -0.15) is 0 Å². The van der Waals surface area contributed by atoms with Crippen molar-refractivity contribution in [3.63, 3.8) is 0 Å². The van der Waals surface area contributed by atoms with Gasteiger partial charge in [0.25, 0.3) is 0 Å². The number of benzene rings is 2. The molecule has 0 spiro atoms. The summed E-state index contributed by atoms with van der Waals surface area (Å²) in [6.07, 6.45) is 1.01. The quantitative estimate of drug-likeness (QED) is 0.633. The summed E-state index contributed by atoms with van der Waals surface area (Å²) in [5, 5.41) is 5.68. The van der Waals surface area contributed by atoms with Crippen LogP contribution < -0.4 is 9.47 Å². The summed E-state index contributed by atoms with van der Waals surface area (Å²) in [5.74, 6) is 2.02. The van der Waals surface area contributed by atoms with Crippen molar-refractivity contribution in [3.8, 4) is 22.8 Å². The summed E-state index contributed by atoms with van der Waals surface area (Å²) in [5.41, 5.74) is 1.64. The molecular formula is C18H18ClNO3. The topological polar surface area (TPSA) is 44.5 Å². The molecule has 1 atom stereocenters. The van der Waals surface area contributed by atoms with Crippen LogP contribution in [0.5, 0.6) is 11.5 Å². The van der Waals surface area contributed by atoms with E-state index in [1.165, 1.54) is 0 Å². The van der Waals surface area contributed by atoms with E-state index < -0.39 is 0 Å². The molecule has 3 aromatic rings. The second kappa shape index (κ2) is 6.50. The Hall–Kier alpha value is -2.20. The van der Waals surface area contributed by atoms with Crippen LogP contribution in [0.1, 0.15) is 20.3 Å². The highest BCUT2D eigenvalue weighted by atomic mass is 35.5. The minimum atomic E-state index is 0.0974. The number of ether oxygens (including phenoxy) is 2. The van der Waals surface area contributed by atoms with Crippen LogP contribution in [-0.2, 0) is 0 Å². The molecule has 0 bridgehead atoms. The number of halogens is 1. The van der Waals surface area contributed by atoms with E-state index >= 15 is 0 Å². The normalized spacial score (nSPS) is 12.3. The molecule has 120 valence electrons. The molecule has 3 rings (SSSR count). The fourth-order valence-corrected chi connectivity index (χ4v) is 2.44. The molecule has 4 nitrogen and oxygen atoms in total. The summed E-state index contributed by atoms with van der Waals surface area (Å²) < 4.78 is 16.9. The predicted molar refractivity (Wildman–Crippen MR) is 91.4 cm³/mol. The van der Waals surface area contributed by atoms with E-state index in [9.17, 15) is 0 Å². The zero-order valence-corrected chi connectivity index (χ0v) is 14.1. The maximum absolute atomic E-state index is 5.96. The summed E-state index contributed by atoms with van der Waals surface area (Å²) in [6.45, 7) is 4.10. The summed E-state index contributed by atoms with van der Waals surface area (Å²) in [7, 11) is 1.62. The third kappa shape index (κ3) is 3.13. The Morgan fingerprint density at radius 2 is 1.91 bits per heavy atom. The largest absolute Gasteiger partial charge is 0.493 e. The number of hydrogen-bond acceptors (Lipinski definition) is 4. The third-order valence-electron chi connectivity index (χ3n) is 3.77. The molecule has 0 saturated heterocycles. The average molecular weight is 332 g/mol. The lowest BCUT2D eigenvalue weighted by atomic mass is 10.1. The fraction of sp³-hybridized carbons (Fsp3) is 0.278. The van der Waals surface area contributed by atoms with Crippen LogP contribution in [0.15, 0.2) is 40.9 Å². The lowest BCUT2D eigenvalue weighted by molar-refractivity contribution is 0.208. The zero-order valence-electron chi connectivity index (χ0n) is 13.3. The maximum atomic E-state index is 5.96. The molecule has 0 unspecified atom stereocenters. The van der Waals surface area contributed by atoms with Gasteiger partial charge in [0.2, 0.25) is 0 Å². The van der Waals surface area contributed by atoms with Crippen molar-refractivity contribution in [2.75, 3.05) is 7.11 Å². The average Bonchev–Trinajstić information content (AvgIpc) is 2.97. The molecular weight excluding hydrogens is 314 g/mol. The van der Waals surface area contributed by atoms with Gasteiger partial charge in [0.15, 0.2) is 17.3 Å².